The van der Waals surface area contributed by atoms with Gasteiger partial charge in [-0.3, -0.25) is 4.79 Å². The molecule has 0 bridgehead atoms. The summed E-state index contributed by atoms with van der Waals surface area (Å²) in [6.07, 6.45) is 8.08. The highest BCUT2D eigenvalue weighted by Crippen LogP contribution is 2.35. The van der Waals surface area contributed by atoms with E-state index >= 15 is 0 Å². The van der Waals surface area contributed by atoms with Crippen LogP contribution in [0.1, 0.15) is 48.2 Å². The van der Waals surface area contributed by atoms with Gasteiger partial charge in [-0.15, -0.1) is 0 Å². The maximum absolute atomic E-state index is 13.1. The molecule has 1 N–H and O–H groups in total. The van der Waals surface area contributed by atoms with E-state index < -0.39 is 0 Å². The first-order valence-electron chi connectivity index (χ1n) is 12.5. The van der Waals surface area contributed by atoms with Crippen LogP contribution < -0.4 is 5.32 Å². The number of benzene rings is 3. The second-order valence-corrected chi connectivity index (χ2v) is 9.73. The normalized spacial score (nSPS) is 15.2. The first kappa shape index (κ1) is 21.0. The number of carbonyl (C=O) groups excluding carboxylic acids is 1. The number of amides is 1. The van der Waals surface area contributed by atoms with Gasteiger partial charge in [0.05, 0.1) is 23.5 Å². The number of aryl methyl sites for hydroxylation is 2. The molecule has 1 aromatic heterocycles. The van der Waals surface area contributed by atoms with Gasteiger partial charge in [-0.25, -0.2) is 9.97 Å². The van der Waals surface area contributed by atoms with Crippen molar-refractivity contribution >= 4 is 22.5 Å². The predicted molar refractivity (Wildman–Crippen MR) is 137 cm³/mol. The first-order chi connectivity index (χ1) is 16.7. The molecule has 0 saturated heterocycles. The van der Waals surface area contributed by atoms with E-state index in [4.69, 9.17) is 9.97 Å². The maximum atomic E-state index is 13.1. The van der Waals surface area contributed by atoms with Crippen molar-refractivity contribution in [1.82, 2.24) is 9.97 Å². The maximum Gasteiger partial charge on any atom is 0.229 e. The summed E-state index contributed by atoms with van der Waals surface area (Å²) in [5.74, 6) is 1.26. The van der Waals surface area contributed by atoms with Crippen LogP contribution in [-0.2, 0) is 30.5 Å². The zero-order chi connectivity index (χ0) is 22.9. The van der Waals surface area contributed by atoms with Gasteiger partial charge in [-0.1, -0.05) is 92.4 Å². The van der Waals surface area contributed by atoms with Gasteiger partial charge in [-0.05, 0) is 47.1 Å². The van der Waals surface area contributed by atoms with Crippen LogP contribution in [0.4, 0.5) is 5.82 Å². The second kappa shape index (κ2) is 9.02. The van der Waals surface area contributed by atoms with Crippen molar-refractivity contribution in [1.29, 1.82) is 0 Å². The number of nitrogens with one attached hydrogen (secondary N) is 1. The van der Waals surface area contributed by atoms with E-state index in [9.17, 15) is 4.79 Å². The molecule has 0 spiro atoms. The molecule has 1 saturated carbocycles. The molecule has 3 aromatic carbocycles. The minimum Gasteiger partial charge on any atom is -0.309 e. The molecular formula is C30H29N3O. The van der Waals surface area contributed by atoms with Gasteiger partial charge < -0.3 is 5.32 Å². The lowest BCUT2D eigenvalue weighted by molar-refractivity contribution is -0.115. The fourth-order valence-corrected chi connectivity index (χ4v) is 5.56. The van der Waals surface area contributed by atoms with E-state index in [1.807, 2.05) is 18.2 Å². The highest BCUT2D eigenvalue weighted by Gasteiger charge is 2.25. The molecule has 1 fully saturated rings. The Kier molecular flexibility index (Phi) is 5.58. The monoisotopic (exact) mass is 447 g/mol. The quantitative estimate of drug-likeness (QED) is 0.390. The van der Waals surface area contributed by atoms with Gasteiger partial charge in [0.1, 0.15) is 0 Å². The van der Waals surface area contributed by atoms with Crippen LogP contribution in [0.5, 0.6) is 0 Å². The molecule has 4 heteroatoms. The Labute approximate surface area is 200 Å². The van der Waals surface area contributed by atoms with Gasteiger partial charge >= 0.3 is 0 Å². The summed E-state index contributed by atoms with van der Waals surface area (Å²) < 4.78 is 0. The molecule has 1 heterocycles. The van der Waals surface area contributed by atoms with Gasteiger partial charge in [0.15, 0.2) is 5.82 Å². The smallest absolute Gasteiger partial charge is 0.229 e. The lowest BCUT2D eigenvalue weighted by Crippen LogP contribution is -2.20. The van der Waals surface area contributed by atoms with E-state index in [-0.39, 0.29) is 5.91 Å². The molecule has 4 aromatic rings. The molecule has 0 aliphatic heterocycles. The summed E-state index contributed by atoms with van der Waals surface area (Å²) in [6, 6.07) is 23.0. The zero-order valence-electron chi connectivity index (χ0n) is 19.4. The lowest BCUT2D eigenvalue weighted by Gasteiger charge is -2.22. The Hall–Kier alpha value is -3.53. The molecule has 4 nitrogen and oxygen atoms in total. The van der Waals surface area contributed by atoms with Gasteiger partial charge in [0.2, 0.25) is 5.91 Å². The summed E-state index contributed by atoms with van der Waals surface area (Å²) in [4.78, 5) is 23.2. The van der Waals surface area contributed by atoms with Crippen molar-refractivity contribution in [2.24, 2.45) is 5.92 Å². The number of rotatable bonds is 5. The van der Waals surface area contributed by atoms with Crippen LogP contribution >= 0.6 is 0 Å². The SMILES string of the molecule is O=C(Cc1ccc2ccccc2c1)Nc1nc2c(nc1CC1CCCC1)-c1ccccc1CC2. The Morgan fingerprint density at radius 1 is 0.882 bits per heavy atom. The summed E-state index contributed by atoms with van der Waals surface area (Å²) in [6.45, 7) is 0. The number of anilines is 1. The minimum absolute atomic E-state index is 0.0339. The summed E-state index contributed by atoms with van der Waals surface area (Å²) >= 11 is 0. The Morgan fingerprint density at radius 3 is 2.56 bits per heavy atom. The van der Waals surface area contributed by atoms with Gasteiger partial charge in [0.25, 0.3) is 0 Å². The van der Waals surface area contributed by atoms with Crippen molar-refractivity contribution in [3.63, 3.8) is 0 Å². The van der Waals surface area contributed by atoms with Crippen molar-refractivity contribution < 1.29 is 4.79 Å². The summed E-state index contributed by atoms with van der Waals surface area (Å²) in [5, 5.41) is 5.48. The fourth-order valence-electron chi connectivity index (χ4n) is 5.56. The minimum atomic E-state index is -0.0339. The average molecular weight is 448 g/mol. The Bertz CT molecular complexity index is 1370. The third-order valence-electron chi connectivity index (χ3n) is 7.34. The third-order valence-corrected chi connectivity index (χ3v) is 7.34. The van der Waals surface area contributed by atoms with Crippen molar-refractivity contribution in [2.75, 3.05) is 5.32 Å². The van der Waals surface area contributed by atoms with Gasteiger partial charge in [0, 0.05) is 5.56 Å². The van der Waals surface area contributed by atoms with E-state index in [1.54, 1.807) is 0 Å². The molecule has 6 rings (SSSR count). The summed E-state index contributed by atoms with van der Waals surface area (Å²) in [7, 11) is 0. The van der Waals surface area contributed by atoms with Crippen LogP contribution in [0, 0.1) is 5.92 Å². The van der Waals surface area contributed by atoms with Crippen LogP contribution in [-0.4, -0.2) is 15.9 Å². The number of hydrogen-bond donors (Lipinski definition) is 1. The average Bonchev–Trinajstić information content (AvgIpc) is 3.37. The molecule has 2 aliphatic carbocycles. The van der Waals surface area contributed by atoms with Crippen molar-refractivity contribution in [3.8, 4) is 11.3 Å². The van der Waals surface area contributed by atoms with Crippen LogP contribution in [0.15, 0.2) is 66.7 Å². The zero-order valence-corrected chi connectivity index (χ0v) is 19.4. The van der Waals surface area contributed by atoms with Crippen molar-refractivity contribution in [3.05, 3.63) is 89.2 Å². The molecule has 1 amide bonds. The molecular weight excluding hydrogens is 418 g/mol. The van der Waals surface area contributed by atoms with E-state index in [0.29, 0.717) is 18.2 Å². The van der Waals surface area contributed by atoms with Crippen molar-refractivity contribution in [2.45, 2.75) is 51.4 Å². The lowest BCUT2D eigenvalue weighted by atomic mass is 9.91. The standard InChI is InChI=1S/C30H29N3O/c34-28(19-21-13-14-22-9-3-4-11-24(22)17-21)33-30-27(18-20-7-1-2-8-20)31-29-25-12-6-5-10-23(25)15-16-26(29)32-30/h3-6,9-14,17,20H,1-2,7-8,15-16,18-19H2,(H,32,33,34). The topological polar surface area (TPSA) is 54.9 Å². The summed E-state index contributed by atoms with van der Waals surface area (Å²) in [5.41, 5.74) is 6.47. The largest absolute Gasteiger partial charge is 0.309 e. The van der Waals surface area contributed by atoms with Crippen LogP contribution in [0.2, 0.25) is 0 Å². The highest BCUT2D eigenvalue weighted by molar-refractivity contribution is 5.93. The first-order valence-corrected chi connectivity index (χ1v) is 12.5. The number of carbonyl (C=O) groups is 1. The van der Waals surface area contributed by atoms with E-state index in [2.05, 4.69) is 53.8 Å². The molecule has 0 radical (unpaired) electrons. The van der Waals surface area contributed by atoms with E-state index in [1.165, 1.54) is 42.2 Å². The van der Waals surface area contributed by atoms with E-state index in [0.717, 1.165) is 47.3 Å². The fraction of sp³-hybridized carbons (Fsp3) is 0.300. The van der Waals surface area contributed by atoms with Crippen LogP contribution in [0.3, 0.4) is 0 Å². The third kappa shape index (κ3) is 4.21. The highest BCUT2D eigenvalue weighted by atomic mass is 16.1. The number of hydrogen-bond acceptors (Lipinski definition) is 3. The second-order valence-electron chi connectivity index (χ2n) is 9.73. The van der Waals surface area contributed by atoms with Gasteiger partial charge in [-0.2, -0.15) is 0 Å². The molecule has 170 valence electrons. The Morgan fingerprint density at radius 2 is 1.68 bits per heavy atom. The molecule has 0 unspecified atom stereocenters. The molecule has 2 aliphatic rings. The Balaban J connectivity index is 1.30. The number of aromatic nitrogens is 2. The number of fused-ring (bicyclic) bond motifs is 4. The molecule has 0 atom stereocenters. The van der Waals surface area contributed by atoms with Crippen LogP contribution in [0.25, 0.3) is 22.0 Å². The predicted octanol–water partition coefficient (Wildman–Crippen LogP) is 6.31. The molecule has 34 heavy (non-hydrogen) atoms. The number of nitrogens with zero attached hydrogens (tertiary/aromatic N) is 2.